The van der Waals surface area contributed by atoms with Crippen LogP contribution in [0.5, 0.6) is 0 Å². The number of hydrogen-bond acceptors (Lipinski definition) is 2. The summed E-state index contributed by atoms with van der Waals surface area (Å²) in [4.78, 5) is 0. The second kappa shape index (κ2) is 6.61. The minimum atomic E-state index is -0.492. The Morgan fingerprint density at radius 2 is 1.90 bits per heavy atom. The van der Waals surface area contributed by atoms with Crippen molar-refractivity contribution in [3.8, 4) is 0 Å². The van der Waals surface area contributed by atoms with Crippen LogP contribution in [-0.4, -0.2) is 22.4 Å². The largest absolute Gasteiger partial charge is 0.314 e. The molecule has 0 amide bonds. The second-order valence-electron chi connectivity index (χ2n) is 4.84. The van der Waals surface area contributed by atoms with Gasteiger partial charge < -0.3 is 5.32 Å². The molecule has 0 saturated carbocycles. The summed E-state index contributed by atoms with van der Waals surface area (Å²) in [5.74, 6) is -0.983. The van der Waals surface area contributed by atoms with E-state index in [-0.39, 0.29) is 11.6 Å². The van der Waals surface area contributed by atoms with Gasteiger partial charge >= 0.3 is 0 Å². The summed E-state index contributed by atoms with van der Waals surface area (Å²) in [5.41, 5.74) is 1.05. The minimum absolute atomic E-state index is 0.0405. The molecule has 3 nitrogen and oxygen atoms in total. The molecule has 108 valence electrons. The van der Waals surface area contributed by atoms with E-state index in [1.54, 1.807) is 4.68 Å². The van der Waals surface area contributed by atoms with Crippen molar-refractivity contribution in [2.24, 2.45) is 7.05 Å². The van der Waals surface area contributed by atoms with Crippen molar-refractivity contribution in [1.82, 2.24) is 15.1 Å². The maximum Gasteiger partial charge on any atom is 0.129 e. The van der Waals surface area contributed by atoms with E-state index < -0.39 is 11.6 Å². The van der Waals surface area contributed by atoms with Crippen molar-refractivity contribution in [3.63, 3.8) is 0 Å². The molecule has 0 spiro atoms. The first kappa shape index (κ1) is 14.7. The molecule has 1 N–H and O–H groups in total. The van der Waals surface area contributed by atoms with Gasteiger partial charge in [-0.25, -0.2) is 8.78 Å². The Kier molecular flexibility index (Phi) is 4.84. The van der Waals surface area contributed by atoms with Crippen LogP contribution < -0.4 is 5.32 Å². The Morgan fingerprint density at radius 1 is 1.20 bits per heavy atom. The first-order valence-corrected chi connectivity index (χ1v) is 6.75. The van der Waals surface area contributed by atoms with Crippen LogP contribution in [0.2, 0.25) is 0 Å². The first-order chi connectivity index (χ1) is 9.60. The summed E-state index contributed by atoms with van der Waals surface area (Å²) in [7, 11) is 1.85. The van der Waals surface area contributed by atoms with Crippen LogP contribution in [0, 0.1) is 11.6 Å². The maximum atomic E-state index is 13.7. The lowest BCUT2D eigenvalue weighted by Crippen LogP contribution is -2.33. The molecule has 0 aliphatic carbocycles. The molecule has 1 atom stereocenters. The number of rotatable bonds is 6. The van der Waals surface area contributed by atoms with E-state index >= 15 is 0 Å². The van der Waals surface area contributed by atoms with Crippen LogP contribution in [0.25, 0.3) is 0 Å². The number of benzene rings is 1. The predicted octanol–water partition coefficient (Wildman–Crippen LogP) is 2.46. The fourth-order valence-electron chi connectivity index (χ4n) is 2.30. The molecule has 0 bridgehead atoms. The number of nitrogens with one attached hydrogen (secondary N) is 1. The summed E-state index contributed by atoms with van der Waals surface area (Å²) >= 11 is 0. The van der Waals surface area contributed by atoms with Crippen LogP contribution >= 0.6 is 0 Å². The average Bonchev–Trinajstić information content (AvgIpc) is 2.80. The van der Waals surface area contributed by atoms with Crippen LogP contribution in [0.3, 0.4) is 0 Å². The molecule has 5 heteroatoms. The van der Waals surface area contributed by atoms with E-state index in [1.807, 2.05) is 26.2 Å². The van der Waals surface area contributed by atoms with E-state index in [0.29, 0.717) is 12.8 Å². The van der Waals surface area contributed by atoms with E-state index in [2.05, 4.69) is 10.4 Å². The van der Waals surface area contributed by atoms with Gasteiger partial charge in [0.15, 0.2) is 0 Å². The minimum Gasteiger partial charge on any atom is -0.314 e. The van der Waals surface area contributed by atoms with E-state index in [9.17, 15) is 8.78 Å². The average molecular weight is 279 g/mol. The number of aryl methyl sites for hydroxylation is 1. The molecule has 1 heterocycles. The summed E-state index contributed by atoms with van der Waals surface area (Å²) in [6.07, 6.45) is 2.81. The molecule has 2 rings (SSSR count). The lowest BCUT2D eigenvalue weighted by molar-refractivity contribution is 0.479. The highest BCUT2D eigenvalue weighted by molar-refractivity contribution is 5.21. The van der Waals surface area contributed by atoms with Gasteiger partial charge in [0.05, 0.1) is 5.69 Å². The van der Waals surface area contributed by atoms with Crippen molar-refractivity contribution in [2.75, 3.05) is 6.54 Å². The number of nitrogens with zero attached hydrogens (tertiary/aromatic N) is 2. The summed E-state index contributed by atoms with van der Waals surface area (Å²) in [6, 6.07) is 5.85. The Bertz CT molecular complexity index is 546. The van der Waals surface area contributed by atoms with Gasteiger partial charge in [-0.3, -0.25) is 4.68 Å². The number of hydrogen-bond donors (Lipinski definition) is 1. The third-order valence-corrected chi connectivity index (χ3v) is 3.23. The highest BCUT2D eigenvalue weighted by atomic mass is 19.1. The molecule has 1 aromatic carbocycles. The smallest absolute Gasteiger partial charge is 0.129 e. The predicted molar refractivity (Wildman–Crippen MR) is 74.4 cm³/mol. The summed E-state index contributed by atoms with van der Waals surface area (Å²) in [5, 5.41) is 7.57. The van der Waals surface area contributed by atoms with Gasteiger partial charge in [-0.1, -0.05) is 13.0 Å². The van der Waals surface area contributed by atoms with Gasteiger partial charge in [-0.15, -0.1) is 0 Å². The molecule has 0 fully saturated rings. The van der Waals surface area contributed by atoms with Crippen molar-refractivity contribution in [2.45, 2.75) is 25.8 Å². The van der Waals surface area contributed by atoms with Gasteiger partial charge in [-0.2, -0.15) is 5.10 Å². The zero-order chi connectivity index (χ0) is 14.5. The Morgan fingerprint density at radius 3 is 2.45 bits per heavy atom. The van der Waals surface area contributed by atoms with Gasteiger partial charge in [0.1, 0.15) is 11.6 Å². The molecule has 1 unspecified atom stereocenters. The molecule has 20 heavy (non-hydrogen) atoms. The standard InChI is InChI=1S/C15H19F2N3/c1-3-18-12(9-11-7-8-20(2)19-11)10-13-14(16)5-4-6-15(13)17/h4-8,12,18H,3,9-10H2,1-2H3. The Labute approximate surface area is 117 Å². The molecule has 1 aromatic heterocycles. The second-order valence-corrected chi connectivity index (χ2v) is 4.84. The highest BCUT2D eigenvalue weighted by Crippen LogP contribution is 2.15. The molecular weight excluding hydrogens is 260 g/mol. The van der Waals surface area contributed by atoms with Gasteiger partial charge in [0, 0.05) is 31.3 Å². The van der Waals surface area contributed by atoms with Crippen LogP contribution in [0.15, 0.2) is 30.5 Å². The molecular formula is C15H19F2N3. The van der Waals surface area contributed by atoms with Crippen LogP contribution in [0.1, 0.15) is 18.2 Å². The molecule has 2 aromatic rings. The van der Waals surface area contributed by atoms with E-state index in [1.165, 1.54) is 18.2 Å². The molecule has 0 radical (unpaired) electrons. The Hall–Kier alpha value is -1.75. The van der Waals surface area contributed by atoms with Gasteiger partial charge in [0.25, 0.3) is 0 Å². The van der Waals surface area contributed by atoms with E-state index in [0.717, 1.165) is 12.2 Å². The van der Waals surface area contributed by atoms with Crippen molar-refractivity contribution in [3.05, 3.63) is 53.4 Å². The topological polar surface area (TPSA) is 29.9 Å². The van der Waals surface area contributed by atoms with Crippen molar-refractivity contribution >= 4 is 0 Å². The normalized spacial score (nSPS) is 12.6. The third kappa shape index (κ3) is 3.63. The summed E-state index contributed by atoms with van der Waals surface area (Å²) in [6.45, 7) is 2.72. The van der Waals surface area contributed by atoms with Crippen molar-refractivity contribution < 1.29 is 8.78 Å². The van der Waals surface area contributed by atoms with Crippen LogP contribution in [-0.2, 0) is 19.9 Å². The van der Waals surface area contributed by atoms with Gasteiger partial charge in [0.2, 0.25) is 0 Å². The number of aromatic nitrogens is 2. The SMILES string of the molecule is CCNC(Cc1ccn(C)n1)Cc1c(F)cccc1F. The Balaban J connectivity index is 2.13. The first-order valence-electron chi connectivity index (χ1n) is 6.75. The lowest BCUT2D eigenvalue weighted by atomic mass is 10.0. The van der Waals surface area contributed by atoms with E-state index in [4.69, 9.17) is 0 Å². The number of likely N-dealkylation sites (N-methyl/N-ethyl adjacent to an activating group) is 1. The fraction of sp³-hybridized carbons (Fsp3) is 0.400. The lowest BCUT2D eigenvalue weighted by Gasteiger charge is -2.17. The molecule has 0 aliphatic heterocycles. The zero-order valence-electron chi connectivity index (χ0n) is 11.7. The maximum absolute atomic E-state index is 13.7. The third-order valence-electron chi connectivity index (χ3n) is 3.23. The summed E-state index contributed by atoms with van der Waals surface area (Å²) < 4.78 is 29.1. The monoisotopic (exact) mass is 279 g/mol. The van der Waals surface area contributed by atoms with Gasteiger partial charge in [-0.05, 0) is 31.2 Å². The quantitative estimate of drug-likeness (QED) is 0.880. The van der Waals surface area contributed by atoms with Crippen LogP contribution in [0.4, 0.5) is 8.78 Å². The van der Waals surface area contributed by atoms with Crippen molar-refractivity contribution in [1.29, 1.82) is 0 Å². The zero-order valence-corrected chi connectivity index (χ0v) is 11.7. The fourth-order valence-corrected chi connectivity index (χ4v) is 2.30. The molecule has 0 aliphatic rings. The number of halogens is 2. The highest BCUT2D eigenvalue weighted by Gasteiger charge is 2.16. The molecule has 0 saturated heterocycles.